The van der Waals surface area contributed by atoms with Crippen molar-refractivity contribution in [3.05, 3.63) is 35.9 Å². The molecule has 2 saturated heterocycles. The fraction of sp³-hybridized carbons (Fsp3) is 0.474. The Kier molecular flexibility index (Phi) is 4.97. The standard InChI is InChI=1S/C19H22N2O4/c1-12-11-14(20-17(22)13-5-3-2-4-6-13)7-8-15-9-10-16(19(24)25)21(15)18(12)23/h2-6,12,15-16H,7-11H2,1H3,(H,24,25)/b20-14-/t12-,15-,16-/m0/s1. The summed E-state index contributed by atoms with van der Waals surface area (Å²) in [5.41, 5.74) is 1.26. The van der Waals surface area contributed by atoms with Crippen molar-refractivity contribution in [2.24, 2.45) is 10.9 Å². The van der Waals surface area contributed by atoms with Crippen LogP contribution in [0.15, 0.2) is 35.3 Å². The van der Waals surface area contributed by atoms with E-state index in [-0.39, 0.29) is 23.8 Å². The maximum Gasteiger partial charge on any atom is 0.326 e. The number of carboxylic acids is 1. The van der Waals surface area contributed by atoms with Gasteiger partial charge in [0.15, 0.2) is 0 Å². The van der Waals surface area contributed by atoms with Crippen molar-refractivity contribution in [2.75, 3.05) is 0 Å². The van der Waals surface area contributed by atoms with Gasteiger partial charge in [-0.15, -0.1) is 0 Å². The van der Waals surface area contributed by atoms with Gasteiger partial charge in [-0.3, -0.25) is 9.59 Å². The highest BCUT2D eigenvalue weighted by Gasteiger charge is 2.43. The molecule has 1 N–H and O–H groups in total. The quantitative estimate of drug-likeness (QED) is 0.895. The van der Waals surface area contributed by atoms with Crippen molar-refractivity contribution >= 4 is 23.5 Å². The third-order valence-corrected chi connectivity index (χ3v) is 5.05. The minimum atomic E-state index is -0.934. The molecule has 0 saturated carbocycles. The Bertz CT molecular complexity index is 713. The highest BCUT2D eigenvalue weighted by atomic mass is 16.4. The zero-order chi connectivity index (χ0) is 18.0. The number of amides is 2. The van der Waals surface area contributed by atoms with E-state index in [2.05, 4.69) is 4.99 Å². The molecule has 3 atom stereocenters. The molecule has 2 heterocycles. The minimum absolute atomic E-state index is 0.0756. The first kappa shape index (κ1) is 17.3. The Hall–Kier alpha value is -2.50. The second kappa shape index (κ2) is 7.17. The van der Waals surface area contributed by atoms with E-state index in [1.54, 1.807) is 36.1 Å². The average Bonchev–Trinajstić information content (AvgIpc) is 3.02. The van der Waals surface area contributed by atoms with Crippen molar-refractivity contribution < 1.29 is 19.5 Å². The molecule has 132 valence electrons. The van der Waals surface area contributed by atoms with Gasteiger partial charge >= 0.3 is 5.97 Å². The molecule has 0 spiro atoms. The molecular formula is C19H22N2O4. The van der Waals surface area contributed by atoms with E-state index < -0.39 is 12.0 Å². The normalized spacial score (nSPS) is 28.4. The van der Waals surface area contributed by atoms with Gasteiger partial charge in [0, 0.05) is 23.2 Å². The Morgan fingerprint density at radius 2 is 1.88 bits per heavy atom. The summed E-state index contributed by atoms with van der Waals surface area (Å²) in [6.07, 6.45) is 2.85. The van der Waals surface area contributed by atoms with Gasteiger partial charge < -0.3 is 10.0 Å². The number of hydrogen-bond acceptors (Lipinski definition) is 3. The van der Waals surface area contributed by atoms with E-state index in [4.69, 9.17) is 0 Å². The largest absolute Gasteiger partial charge is 0.480 e. The van der Waals surface area contributed by atoms with Crippen LogP contribution in [-0.4, -0.2) is 45.6 Å². The van der Waals surface area contributed by atoms with E-state index in [0.717, 1.165) is 5.71 Å². The first-order valence-corrected chi connectivity index (χ1v) is 8.68. The Morgan fingerprint density at radius 3 is 2.56 bits per heavy atom. The summed E-state index contributed by atoms with van der Waals surface area (Å²) in [5.74, 6) is -1.74. The highest BCUT2D eigenvalue weighted by Crippen LogP contribution is 2.32. The summed E-state index contributed by atoms with van der Waals surface area (Å²) in [6.45, 7) is 1.78. The number of carbonyl (C=O) groups excluding carboxylic acids is 2. The molecule has 0 aliphatic carbocycles. The highest BCUT2D eigenvalue weighted by molar-refractivity contribution is 6.05. The number of fused-ring (bicyclic) bond motifs is 1. The lowest BCUT2D eigenvalue weighted by molar-refractivity contribution is -0.151. The monoisotopic (exact) mass is 342 g/mol. The summed E-state index contributed by atoms with van der Waals surface area (Å²) >= 11 is 0. The molecule has 0 unspecified atom stereocenters. The predicted octanol–water partition coefficient (Wildman–Crippen LogP) is 2.53. The second-order valence-electron chi connectivity index (χ2n) is 6.82. The van der Waals surface area contributed by atoms with Gasteiger partial charge in [-0.1, -0.05) is 25.1 Å². The number of carbonyl (C=O) groups is 3. The Morgan fingerprint density at radius 1 is 1.16 bits per heavy atom. The molecule has 6 nitrogen and oxygen atoms in total. The third-order valence-electron chi connectivity index (χ3n) is 5.05. The SMILES string of the molecule is C[C@H]1C/C(=N\C(=O)c2ccccc2)CC[C@H]2CC[C@@H](C(=O)O)N2C1=O. The molecule has 0 aromatic heterocycles. The summed E-state index contributed by atoms with van der Waals surface area (Å²) in [4.78, 5) is 42.2. The van der Waals surface area contributed by atoms with Crippen LogP contribution in [0, 0.1) is 5.92 Å². The molecule has 1 aromatic rings. The third kappa shape index (κ3) is 3.62. The molecule has 0 radical (unpaired) electrons. The molecule has 2 amide bonds. The van der Waals surface area contributed by atoms with Crippen molar-refractivity contribution in [2.45, 2.75) is 51.1 Å². The van der Waals surface area contributed by atoms with Crippen molar-refractivity contribution in [3.63, 3.8) is 0 Å². The number of aliphatic imine (C=N–C) groups is 1. The van der Waals surface area contributed by atoms with Crippen LogP contribution in [-0.2, 0) is 9.59 Å². The molecule has 2 aliphatic rings. The van der Waals surface area contributed by atoms with Gasteiger partial charge in [-0.2, -0.15) is 0 Å². The van der Waals surface area contributed by atoms with E-state index in [1.807, 2.05) is 6.07 Å². The van der Waals surface area contributed by atoms with Gasteiger partial charge in [0.25, 0.3) is 5.91 Å². The van der Waals surface area contributed by atoms with Gasteiger partial charge in [0.1, 0.15) is 6.04 Å². The number of aliphatic carboxylic acids is 1. The zero-order valence-corrected chi connectivity index (χ0v) is 14.2. The first-order valence-electron chi connectivity index (χ1n) is 8.68. The molecule has 2 aliphatic heterocycles. The van der Waals surface area contributed by atoms with Crippen LogP contribution in [0.2, 0.25) is 0 Å². The second-order valence-corrected chi connectivity index (χ2v) is 6.82. The lowest BCUT2D eigenvalue weighted by atomic mass is 9.93. The fourth-order valence-corrected chi connectivity index (χ4v) is 3.76. The Balaban J connectivity index is 1.79. The maximum absolute atomic E-state index is 12.7. The van der Waals surface area contributed by atoms with Crippen molar-refractivity contribution in [1.29, 1.82) is 0 Å². The van der Waals surface area contributed by atoms with E-state index in [0.29, 0.717) is 37.7 Å². The maximum atomic E-state index is 12.7. The molecular weight excluding hydrogens is 320 g/mol. The van der Waals surface area contributed by atoms with Gasteiger partial charge in [0.05, 0.1) is 0 Å². The number of nitrogens with zero attached hydrogens (tertiary/aromatic N) is 2. The summed E-state index contributed by atoms with van der Waals surface area (Å²) in [6, 6.07) is 8.08. The van der Waals surface area contributed by atoms with E-state index in [9.17, 15) is 19.5 Å². The number of benzene rings is 1. The molecule has 1 aromatic carbocycles. The molecule has 3 rings (SSSR count). The lowest BCUT2D eigenvalue weighted by Gasteiger charge is -2.33. The van der Waals surface area contributed by atoms with Crippen molar-refractivity contribution in [3.8, 4) is 0 Å². The van der Waals surface area contributed by atoms with Crippen molar-refractivity contribution in [1.82, 2.24) is 4.90 Å². The topological polar surface area (TPSA) is 87.0 Å². The van der Waals surface area contributed by atoms with Crippen LogP contribution in [0.5, 0.6) is 0 Å². The molecule has 0 bridgehead atoms. The predicted molar refractivity (Wildman–Crippen MR) is 92.5 cm³/mol. The van der Waals surface area contributed by atoms with Crippen LogP contribution in [0.3, 0.4) is 0 Å². The van der Waals surface area contributed by atoms with Crippen LogP contribution >= 0.6 is 0 Å². The summed E-state index contributed by atoms with van der Waals surface area (Å²) < 4.78 is 0. The first-order chi connectivity index (χ1) is 12.0. The summed E-state index contributed by atoms with van der Waals surface area (Å²) in [5, 5.41) is 9.35. The number of hydrogen-bond donors (Lipinski definition) is 1. The smallest absolute Gasteiger partial charge is 0.326 e. The minimum Gasteiger partial charge on any atom is -0.480 e. The van der Waals surface area contributed by atoms with Crippen LogP contribution in [0.25, 0.3) is 0 Å². The van der Waals surface area contributed by atoms with Gasteiger partial charge in [0.2, 0.25) is 5.91 Å². The zero-order valence-electron chi connectivity index (χ0n) is 14.2. The average molecular weight is 342 g/mol. The molecule has 6 heteroatoms. The van der Waals surface area contributed by atoms with Crippen LogP contribution in [0.1, 0.15) is 49.4 Å². The van der Waals surface area contributed by atoms with Crippen LogP contribution in [0.4, 0.5) is 0 Å². The number of carboxylic acid groups (broad SMARTS) is 1. The fourth-order valence-electron chi connectivity index (χ4n) is 3.76. The lowest BCUT2D eigenvalue weighted by Crippen LogP contribution is -2.48. The number of rotatable bonds is 2. The summed E-state index contributed by atoms with van der Waals surface area (Å²) in [7, 11) is 0. The Labute approximate surface area is 146 Å². The molecule has 25 heavy (non-hydrogen) atoms. The van der Waals surface area contributed by atoms with Crippen LogP contribution < -0.4 is 0 Å². The van der Waals surface area contributed by atoms with E-state index >= 15 is 0 Å². The van der Waals surface area contributed by atoms with E-state index in [1.165, 1.54) is 0 Å². The van der Waals surface area contributed by atoms with Gasteiger partial charge in [-0.25, -0.2) is 9.79 Å². The van der Waals surface area contributed by atoms with Gasteiger partial charge in [-0.05, 0) is 44.2 Å². The molecule has 2 fully saturated rings.